The third-order valence-corrected chi connectivity index (χ3v) is 3.89. The van der Waals surface area contributed by atoms with Gasteiger partial charge in [-0.05, 0) is 42.3 Å². The molecule has 0 saturated carbocycles. The molecule has 6 heteroatoms. The van der Waals surface area contributed by atoms with Gasteiger partial charge in [0.15, 0.2) is 5.71 Å². The van der Waals surface area contributed by atoms with E-state index in [1.807, 2.05) is 55.5 Å². The lowest BCUT2D eigenvalue weighted by atomic mass is 10.1. The van der Waals surface area contributed by atoms with Crippen LogP contribution in [0.4, 0.5) is 5.69 Å². The smallest absolute Gasteiger partial charge is 0.300 e. The highest BCUT2D eigenvalue weighted by atomic mass is 35.5. The minimum absolute atomic E-state index is 0.168. The van der Waals surface area contributed by atoms with E-state index in [2.05, 4.69) is 9.61 Å². The molecule has 0 spiro atoms. The number of rotatable bonds is 4. The number of aryl methyl sites for hydroxylation is 1. The van der Waals surface area contributed by atoms with Crippen LogP contribution in [0.25, 0.3) is 0 Å². The van der Waals surface area contributed by atoms with Gasteiger partial charge in [0, 0.05) is 18.2 Å². The Labute approximate surface area is 145 Å². The van der Waals surface area contributed by atoms with Gasteiger partial charge in [-0.25, -0.2) is 0 Å². The molecule has 1 aliphatic rings. The lowest BCUT2D eigenvalue weighted by molar-refractivity contribution is -0.112. The summed E-state index contributed by atoms with van der Waals surface area (Å²) in [6.45, 7) is 1.96. The molecule has 0 bridgehead atoms. The fourth-order valence-electron chi connectivity index (χ4n) is 2.55. The van der Waals surface area contributed by atoms with Gasteiger partial charge in [0.25, 0.3) is 5.91 Å². The second kappa shape index (κ2) is 6.84. The van der Waals surface area contributed by atoms with Crippen LogP contribution in [0, 0.1) is 6.92 Å². The maximum Gasteiger partial charge on any atom is 0.300 e. The van der Waals surface area contributed by atoms with Gasteiger partial charge in [0.1, 0.15) is 5.75 Å². The first-order chi connectivity index (χ1) is 11.6. The average Bonchev–Trinajstić information content (AvgIpc) is 2.90. The minimum Gasteiger partial charge on any atom is -0.497 e. The van der Waals surface area contributed by atoms with Crippen LogP contribution < -0.4 is 9.75 Å². The number of benzene rings is 2. The van der Waals surface area contributed by atoms with E-state index >= 15 is 0 Å². The third-order valence-electron chi connectivity index (χ3n) is 3.73. The number of amides is 1. The summed E-state index contributed by atoms with van der Waals surface area (Å²) >= 11 is 5.64. The summed E-state index contributed by atoms with van der Waals surface area (Å²) in [7, 11) is 1.61. The van der Waals surface area contributed by atoms with Crippen LogP contribution in [0.2, 0.25) is 0 Å². The summed E-state index contributed by atoms with van der Waals surface area (Å²) in [6, 6.07) is 15.1. The maximum absolute atomic E-state index is 12.5. The second-order valence-corrected chi connectivity index (χ2v) is 5.63. The van der Waals surface area contributed by atoms with E-state index in [1.165, 1.54) is 5.01 Å². The predicted molar refractivity (Wildman–Crippen MR) is 96.1 cm³/mol. The average molecular weight is 342 g/mol. The van der Waals surface area contributed by atoms with Crippen LogP contribution in [-0.4, -0.2) is 24.4 Å². The van der Waals surface area contributed by atoms with Crippen molar-refractivity contribution in [1.29, 1.82) is 0 Å². The van der Waals surface area contributed by atoms with E-state index < -0.39 is 0 Å². The zero-order valence-corrected chi connectivity index (χ0v) is 14.1. The van der Waals surface area contributed by atoms with E-state index in [0.717, 1.165) is 16.9 Å². The van der Waals surface area contributed by atoms with Gasteiger partial charge in [-0.1, -0.05) is 24.3 Å². The first-order valence-corrected chi connectivity index (χ1v) is 7.77. The molecule has 1 aliphatic heterocycles. The Hall–Kier alpha value is -2.66. The maximum atomic E-state index is 12.5. The Morgan fingerprint density at radius 3 is 2.71 bits per heavy atom. The normalized spacial score (nSPS) is 15.8. The molecule has 0 N–H and O–H groups in total. The molecule has 1 amide bonds. The summed E-state index contributed by atoms with van der Waals surface area (Å²) in [5.74, 6) is 0.422. The van der Waals surface area contributed by atoms with Crippen LogP contribution in [-0.2, 0) is 11.2 Å². The topological polar surface area (TPSA) is 54.3 Å². The Kier molecular flexibility index (Phi) is 4.62. The number of carbonyl (C=O) groups excluding carboxylic acids is 1. The van der Waals surface area contributed by atoms with Crippen molar-refractivity contribution in [3.63, 3.8) is 0 Å². The number of methoxy groups -OCH3 is 1. The summed E-state index contributed by atoms with van der Waals surface area (Å²) in [5, 5.41) is 5.76. The zero-order chi connectivity index (χ0) is 17.1. The lowest BCUT2D eigenvalue weighted by Crippen LogP contribution is -2.27. The van der Waals surface area contributed by atoms with Crippen molar-refractivity contribution in [3.05, 3.63) is 59.7 Å². The van der Waals surface area contributed by atoms with Gasteiger partial charge >= 0.3 is 0 Å². The number of halogens is 1. The molecule has 1 heterocycles. The summed E-state index contributed by atoms with van der Waals surface area (Å²) in [5.41, 5.74) is 3.40. The van der Waals surface area contributed by atoms with Crippen molar-refractivity contribution in [3.8, 4) is 5.75 Å². The van der Waals surface area contributed by atoms with E-state index in [4.69, 9.17) is 16.5 Å². The van der Waals surface area contributed by atoms with Crippen LogP contribution in [0.5, 0.6) is 5.75 Å². The summed E-state index contributed by atoms with van der Waals surface area (Å²) in [4.78, 5) is 12.5. The standard InChI is InChI=1S/C18H16ClN3O2/c1-12-5-3-7-14(9-12)22-18(23)17(20-19)16(21-22)11-13-6-4-8-15(10-13)24-2/h3-10H,11H2,1-2H3/b20-17+. The SMILES string of the molecule is COc1cccc(CC2=NN(c3cccc(C)c3)C(=O)/C2=N/Cl)c1. The van der Waals surface area contributed by atoms with E-state index in [-0.39, 0.29) is 11.6 Å². The fourth-order valence-corrected chi connectivity index (χ4v) is 2.72. The molecule has 2 aromatic carbocycles. The van der Waals surface area contributed by atoms with Crippen molar-refractivity contribution in [1.82, 2.24) is 0 Å². The quantitative estimate of drug-likeness (QED) is 0.854. The molecule has 0 atom stereocenters. The van der Waals surface area contributed by atoms with Gasteiger partial charge in [0.2, 0.25) is 0 Å². The molecular weight excluding hydrogens is 326 g/mol. The molecule has 0 saturated heterocycles. The van der Waals surface area contributed by atoms with Gasteiger partial charge in [-0.2, -0.15) is 14.6 Å². The Morgan fingerprint density at radius 2 is 2.00 bits per heavy atom. The van der Waals surface area contributed by atoms with Crippen LogP contribution in [0.1, 0.15) is 11.1 Å². The van der Waals surface area contributed by atoms with E-state index in [0.29, 0.717) is 17.8 Å². The number of hydrogen-bond acceptors (Lipinski definition) is 4. The molecule has 0 aliphatic carbocycles. The Bertz CT molecular complexity index is 846. The molecule has 2 aromatic rings. The molecule has 122 valence electrons. The van der Waals surface area contributed by atoms with Crippen molar-refractivity contribution < 1.29 is 9.53 Å². The van der Waals surface area contributed by atoms with Crippen molar-refractivity contribution in [2.45, 2.75) is 13.3 Å². The molecule has 0 unspecified atom stereocenters. The zero-order valence-electron chi connectivity index (χ0n) is 13.4. The summed E-state index contributed by atoms with van der Waals surface area (Å²) < 4.78 is 8.85. The number of anilines is 1. The Balaban J connectivity index is 1.93. The van der Waals surface area contributed by atoms with Crippen molar-refractivity contribution in [2.24, 2.45) is 9.61 Å². The number of hydrogen-bond donors (Lipinski definition) is 0. The minimum atomic E-state index is -0.325. The number of hydrazone groups is 1. The van der Waals surface area contributed by atoms with Gasteiger partial charge in [0.05, 0.1) is 18.5 Å². The van der Waals surface area contributed by atoms with Crippen molar-refractivity contribution in [2.75, 3.05) is 12.1 Å². The summed E-state index contributed by atoms with van der Waals surface area (Å²) in [6.07, 6.45) is 0.441. The highest BCUT2D eigenvalue weighted by Gasteiger charge is 2.33. The van der Waals surface area contributed by atoms with Gasteiger partial charge in [-0.3, -0.25) is 4.79 Å². The van der Waals surface area contributed by atoms with Crippen molar-refractivity contribution >= 4 is 34.8 Å². The fraction of sp³-hybridized carbons (Fsp3) is 0.167. The molecule has 24 heavy (non-hydrogen) atoms. The van der Waals surface area contributed by atoms with Crippen LogP contribution in [0.3, 0.4) is 0 Å². The predicted octanol–water partition coefficient (Wildman–Crippen LogP) is 3.54. The largest absolute Gasteiger partial charge is 0.497 e. The van der Waals surface area contributed by atoms with Gasteiger partial charge in [-0.15, -0.1) is 0 Å². The molecule has 5 nitrogen and oxygen atoms in total. The first kappa shape index (κ1) is 16.2. The highest BCUT2D eigenvalue weighted by Crippen LogP contribution is 2.23. The molecular formula is C18H16ClN3O2. The van der Waals surface area contributed by atoms with E-state index in [9.17, 15) is 4.79 Å². The molecule has 0 fully saturated rings. The number of nitrogens with zero attached hydrogens (tertiary/aromatic N) is 3. The van der Waals surface area contributed by atoms with Gasteiger partial charge < -0.3 is 4.74 Å². The number of carbonyl (C=O) groups is 1. The second-order valence-electron chi connectivity index (χ2n) is 5.46. The monoisotopic (exact) mass is 341 g/mol. The third kappa shape index (κ3) is 3.16. The van der Waals surface area contributed by atoms with Crippen LogP contribution >= 0.6 is 11.8 Å². The molecule has 0 radical (unpaired) electrons. The number of ether oxygens (including phenoxy) is 1. The Morgan fingerprint density at radius 1 is 1.21 bits per heavy atom. The van der Waals surface area contributed by atoms with E-state index in [1.54, 1.807) is 7.11 Å². The molecule has 0 aromatic heterocycles. The first-order valence-electron chi connectivity index (χ1n) is 7.43. The highest BCUT2D eigenvalue weighted by molar-refractivity contribution is 6.73. The molecule has 3 rings (SSSR count). The van der Waals surface area contributed by atoms with Crippen LogP contribution in [0.15, 0.2) is 58.1 Å². The lowest BCUT2D eigenvalue weighted by Gasteiger charge is -2.11.